The van der Waals surface area contributed by atoms with E-state index in [4.69, 9.17) is 28.3 Å². The zero-order valence-corrected chi connectivity index (χ0v) is 11.7. The number of carbonyl (C=O) groups is 1. The van der Waals surface area contributed by atoms with Crippen molar-refractivity contribution < 1.29 is 9.90 Å². The first-order chi connectivity index (χ1) is 8.32. The number of hydrogen-bond acceptors (Lipinski definition) is 2. The van der Waals surface area contributed by atoms with Gasteiger partial charge in [-0.15, -0.1) is 0 Å². The van der Waals surface area contributed by atoms with E-state index in [9.17, 15) is 4.79 Å². The molecule has 18 heavy (non-hydrogen) atoms. The highest BCUT2D eigenvalue weighted by Crippen LogP contribution is 2.19. The van der Waals surface area contributed by atoms with Crippen molar-refractivity contribution in [1.82, 2.24) is 5.32 Å². The average Bonchev–Trinajstić information content (AvgIpc) is 2.24. The van der Waals surface area contributed by atoms with E-state index in [-0.39, 0.29) is 12.5 Å². The van der Waals surface area contributed by atoms with Crippen molar-refractivity contribution in [3.63, 3.8) is 0 Å². The summed E-state index contributed by atoms with van der Waals surface area (Å²) >= 11 is 11.7. The molecule has 0 fully saturated rings. The van der Waals surface area contributed by atoms with Gasteiger partial charge in [-0.05, 0) is 43.7 Å². The number of carbonyl (C=O) groups excluding carboxylic acids is 1. The first-order valence-corrected chi connectivity index (χ1v) is 6.15. The van der Waals surface area contributed by atoms with Gasteiger partial charge in [-0.2, -0.15) is 0 Å². The molecule has 1 amide bonds. The minimum Gasteiger partial charge on any atom is -0.394 e. The van der Waals surface area contributed by atoms with Crippen LogP contribution in [0.3, 0.4) is 0 Å². The molecule has 1 aromatic rings. The molecular formula is C13H15Cl2NO2. The van der Waals surface area contributed by atoms with Gasteiger partial charge in [0, 0.05) is 16.1 Å². The van der Waals surface area contributed by atoms with Gasteiger partial charge in [0.1, 0.15) is 0 Å². The molecule has 0 atom stereocenters. The van der Waals surface area contributed by atoms with Crippen molar-refractivity contribution in [2.75, 3.05) is 6.61 Å². The molecule has 98 valence electrons. The van der Waals surface area contributed by atoms with Crippen LogP contribution in [-0.2, 0) is 4.79 Å². The molecule has 0 aliphatic carbocycles. The molecule has 0 heterocycles. The molecule has 0 unspecified atom stereocenters. The fourth-order valence-electron chi connectivity index (χ4n) is 1.26. The lowest BCUT2D eigenvalue weighted by molar-refractivity contribution is -0.118. The fraction of sp³-hybridized carbons (Fsp3) is 0.308. The maximum Gasteiger partial charge on any atom is 0.244 e. The Morgan fingerprint density at radius 1 is 1.33 bits per heavy atom. The summed E-state index contributed by atoms with van der Waals surface area (Å²) in [5.74, 6) is -0.287. The average molecular weight is 288 g/mol. The normalized spacial score (nSPS) is 11.8. The highest BCUT2D eigenvalue weighted by molar-refractivity contribution is 6.34. The number of aliphatic hydroxyl groups is 1. The van der Waals surface area contributed by atoms with Crippen molar-refractivity contribution in [2.45, 2.75) is 19.4 Å². The van der Waals surface area contributed by atoms with E-state index in [2.05, 4.69) is 5.32 Å². The van der Waals surface area contributed by atoms with Gasteiger partial charge in [0.25, 0.3) is 0 Å². The molecule has 1 rings (SSSR count). The van der Waals surface area contributed by atoms with E-state index in [1.165, 1.54) is 6.08 Å². The van der Waals surface area contributed by atoms with Crippen LogP contribution in [0.4, 0.5) is 0 Å². The highest BCUT2D eigenvalue weighted by Gasteiger charge is 2.17. The van der Waals surface area contributed by atoms with E-state index in [1.807, 2.05) is 0 Å². The summed E-state index contributed by atoms with van der Waals surface area (Å²) in [4.78, 5) is 11.6. The summed E-state index contributed by atoms with van der Waals surface area (Å²) < 4.78 is 0. The predicted molar refractivity (Wildman–Crippen MR) is 74.8 cm³/mol. The third-order valence-electron chi connectivity index (χ3n) is 2.17. The van der Waals surface area contributed by atoms with Gasteiger partial charge in [-0.3, -0.25) is 4.79 Å². The van der Waals surface area contributed by atoms with Gasteiger partial charge in [-0.1, -0.05) is 23.2 Å². The quantitative estimate of drug-likeness (QED) is 0.837. The smallest absolute Gasteiger partial charge is 0.244 e. The fourth-order valence-corrected chi connectivity index (χ4v) is 1.80. The number of amides is 1. The van der Waals surface area contributed by atoms with E-state index in [1.54, 1.807) is 38.1 Å². The highest BCUT2D eigenvalue weighted by atomic mass is 35.5. The summed E-state index contributed by atoms with van der Waals surface area (Å²) in [6, 6.07) is 5.03. The maximum atomic E-state index is 11.6. The zero-order chi connectivity index (χ0) is 13.8. The third kappa shape index (κ3) is 5.08. The van der Waals surface area contributed by atoms with Gasteiger partial charge in [0.15, 0.2) is 0 Å². The zero-order valence-electron chi connectivity index (χ0n) is 10.2. The predicted octanol–water partition coefficient (Wildman–Crippen LogP) is 2.89. The summed E-state index contributed by atoms with van der Waals surface area (Å²) in [5.41, 5.74) is 0.0948. The Morgan fingerprint density at radius 3 is 2.39 bits per heavy atom. The van der Waals surface area contributed by atoms with Gasteiger partial charge in [-0.25, -0.2) is 0 Å². The molecule has 2 N–H and O–H groups in total. The van der Waals surface area contributed by atoms with Crippen LogP contribution in [0.1, 0.15) is 19.4 Å². The van der Waals surface area contributed by atoms with E-state index >= 15 is 0 Å². The topological polar surface area (TPSA) is 49.3 Å². The largest absolute Gasteiger partial charge is 0.394 e. The minimum absolute atomic E-state index is 0.129. The Labute approximate surface area is 116 Å². The Bertz CT molecular complexity index is 450. The number of rotatable bonds is 4. The van der Waals surface area contributed by atoms with E-state index in [0.29, 0.717) is 10.0 Å². The Kier molecular flexibility index (Phi) is 5.20. The summed E-state index contributed by atoms with van der Waals surface area (Å²) in [5, 5.41) is 12.7. The molecule has 0 saturated carbocycles. The molecule has 0 aliphatic heterocycles. The molecule has 0 aromatic heterocycles. The lowest BCUT2D eigenvalue weighted by atomic mass is 10.1. The Balaban J connectivity index is 2.72. The van der Waals surface area contributed by atoms with E-state index in [0.717, 1.165) is 5.56 Å². The number of aliphatic hydroxyl groups excluding tert-OH is 1. The van der Waals surface area contributed by atoms with Crippen molar-refractivity contribution in [2.24, 2.45) is 0 Å². The second-order valence-corrected chi connectivity index (χ2v) is 5.44. The first kappa shape index (κ1) is 15.0. The van der Waals surface area contributed by atoms with Crippen LogP contribution >= 0.6 is 23.2 Å². The molecule has 0 radical (unpaired) electrons. The Hall–Kier alpha value is -1.03. The number of nitrogens with one attached hydrogen (secondary N) is 1. The van der Waals surface area contributed by atoms with Crippen molar-refractivity contribution in [1.29, 1.82) is 0 Å². The minimum atomic E-state index is -0.645. The Morgan fingerprint density at radius 2 is 1.89 bits per heavy atom. The van der Waals surface area contributed by atoms with Crippen LogP contribution in [0.25, 0.3) is 6.08 Å². The SMILES string of the molecule is CC(C)(CO)NC(=O)/C=C/c1cc(Cl)cc(Cl)c1. The van der Waals surface area contributed by atoms with Crippen molar-refractivity contribution >= 4 is 35.2 Å². The first-order valence-electron chi connectivity index (χ1n) is 5.39. The van der Waals surface area contributed by atoms with Crippen LogP contribution in [0.15, 0.2) is 24.3 Å². The number of hydrogen-bond donors (Lipinski definition) is 2. The molecule has 1 aromatic carbocycles. The van der Waals surface area contributed by atoms with Gasteiger partial charge in [0.05, 0.1) is 12.1 Å². The maximum absolute atomic E-state index is 11.6. The molecule has 5 heteroatoms. The van der Waals surface area contributed by atoms with Crippen LogP contribution in [0, 0.1) is 0 Å². The molecule has 0 saturated heterocycles. The van der Waals surface area contributed by atoms with E-state index < -0.39 is 5.54 Å². The summed E-state index contributed by atoms with van der Waals surface area (Å²) in [7, 11) is 0. The lowest BCUT2D eigenvalue weighted by Crippen LogP contribution is -2.45. The molecule has 3 nitrogen and oxygen atoms in total. The third-order valence-corrected chi connectivity index (χ3v) is 2.61. The molecule has 0 aliphatic rings. The molecule has 0 bridgehead atoms. The van der Waals surface area contributed by atoms with Crippen LogP contribution in [0.2, 0.25) is 10.0 Å². The van der Waals surface area contributed by atoms with Crippen molar-refractivity contribution in [3.8, 4) is 0 Å². The van der Waals surface area contributed by atoms with Crippen LogP contribution in [-0.4, -0.2) is 23.2 Å². The van der Waals surface area contributed by atoms with Gasteiger partial charge < -0.3 is 10.4 Å². The second kappa shape index (κ2) is 6.23. The lowest BCUT2D eigenvalue weighted by Gasteiger charge is -2.22. The standard InChI is InChI=1S/C13H15Cl2NO2/c1-13(2,8-17)16-12(18)4-3-9-5-10(14)7-11(15)6-9/h3-7,17H,8H2,1-2H3,(H,16,18)/b4-3+. The summed E-state index contributed by atoms with van der Waals surface area (Å²) in [6.07, 6.45) is 2.99. The van der Waals surface area contributed by atoms with Gasteiger partial charge >= 0.3 is 0 Å². The van der Waals surface area contributed by atoms with Gasteiger partial charge in [0.2, 0.25) is 5.91 Å². The second-order valence-electron chi connectivity index (χ2n) is 4.57. The van der Waals surface area contributed by atoms with Crippen LogP contribution < -0.4 is 5.32 Å². The molecular weight excluding hydrogens is 273 g/mol. The number of benzene rings is 1. The monoisotopic (exact) mass is 287 g/mol. The van der Waals surface area contributed by atoms with Crippen molar-refractivity contribution in [3.05, 3.63) is 39.9 Å². The summed E-state index contributed by atoms with van der Waals surface area (Å²) in [6.45, 7) is 3.33. The molecule has 0 spiro atoms. The number of halogens is 2. The van der Waals surface area contributed by atoms with Crippen LogP contribution in [0.5, 0.6) is 0 Å².